The highest BCUT2D eigenvalue weighted by atomic mass is 16.5. The molecule has 0 aliphatic heterocycles. The second-order valence-corrected chi connectivity index (χ2v) is 6.26. The number of rotatable bonds is 9. The van der Waals surface area contributed by atoms with Gasteiger partial charge in [-0.15, -0.1) is 0 Å². The third-order valence-corrected chi connectivity index (χ3v) is 4.06. The minimum atomic E-state index is -0.433. The molecule has 27 heavy (non-hydrogen) atoms. The molecule has 5 heteroatoms. The molecule has 5 nitrogen and oxygen atoms in total. The van der Waals surface area contributed by atoms with E-state index < -0.39 is 5.97 Å². The zero-order chi connectivity index (χ0) is 19.8. The number of hydrogen-bond acceptors (Lipinski definition) is 5. The van der Waals surface area contributed by atoms with Gasteiger partial charge < -0.3 is 10.5 Å². The average Bonchev–Trinajstić information content (AvgIpc) is 2.67. The van der Waals surface area contributed by atoms with E-state index in [1.165, 1.54) is 0 Å². The summed E-state index contributed by atoms with van der Waals surface area (Å²) < 4.78 is 5.01. The smallest absolute Gasteiger partial charge is 0.333 e. The monoisotopic (exact) mass is 365 g/mol. The summed E-state index contributed by atoms with van der Waals surface area (Å²) in [5.41, 5.74) is 7.72. The molecule has 0 aromatic heterocycles. The van der Waals surface area contributed by atoms with Crippen molar-refractivity contribution in [1.82, 2.24) is 0 Å². The Kier molecular flexibility index (Phi) is 7.06. The minimum Gasteiger partial charge on any atom is -0.462 e. The standard InChI is InChI=1S/C22H23NO4/c1-15(2)22(26)27-14-8-7-13-20(24)16-9-3-4-10-17(16)21(25)18-11-5-6-12-19(18)23/h3-6,9-12H,1,7-8,13-14,23H2,2H3. The zero-order valence-corrected chi connectivity index (χ0v) is 15.4. The van der Waals surface area contributed by atoms with Crippen molar-refractivity contribution in [2.45, 2.75) is 26.2 Å². The summed E-state index contributed by atoms with van der Waals surface area (Å²) in [5.74, 6) is -0.829. The number of nitrogen functional groups attached to an aromatic ring is 1. The van der Waals surface area contributed by atoms with Crippen molar-refractivity contribution in [3.63, 3.8) is 0 Å². The summed E-state index contributed by atoms with van der Waals surface area (Å²) >= 11 is 0. The van der Waals surface area contributed by atoms with Crippen LogP contribution in [0.25, 0.3) is 0 Å². The van der Waals surface area contributed by atoms with Gasteiger partial charge in [0.2, 0.25) is 0 Å². The predicted octanol–water partition coefficient (Wildman–Crippen LogP) is 3.97. The van der Waals surface area contributed by atoms with Crippen LogP contribution >= 0.6 is 0 Å². The van der Waals surface area contributed by atoms with Gasteiger partial charge >= 0.3 is 5.97 Å². The molecule has 140 valence electrons. The van der Waals surface area contributed by atoms with Crippen LogP contribution in [-0.2, 0) is 9.53 Å². The fourth-order valence-electron chi connectivity index (χ4n) is 2.58. The van der Waals surface area contributed by atoms with Crippen LogP contribution in [0.1, 0.15) is 52.5 Å². The van der Waals surface area contributed by atoms with Crippen LogP contribution in [0.3, 0.4) is 0 Å². The SMILES string of the molecule is C=C(C)C(=O)OCCCCC(=O)c1ccccc1C(=O)c1ccccc1N. The van der Waals surface area contributed by atoms with Crippen molar-refractivity contribution in [2.75, 3.05) is 12.3 Å². The second-order valence-electron chi connectivity index (χ2n) is 6.26. The number of carbonyl (C=O) groups excluding carboxylic acids is 3. The number of para-hydroxylation sites is 1. The van der Waals surface area contributed by atoms with Gasteiger partial charge in [-0.25, -0.2) is 4.79 Å². The third-order valence-electron chi connectivity index (χ3n) is 4.06. The quantitative estimate of drug-likeness (QED) is 0.239. The average molecular weight is 365 g/mol. The maximum absolute atomic E-state index is 12.8. The lowest BCUT2D eigenvalue weighted by Crippen LogP contribution is -2.12. The Balaban J connectivity index is 2.01. The molecule has 0 saturated carbocycles. The summed E-state index contributed by atoms with van der Waals surface area (Å²) in [5, 5.41) is 0. The van der Waals surface area contributed by atoms with Crippen LogP contribution in [-0.4, -0.2) is 24.1 Å². The number of ketones is 2. The first-order valence-electron chi connectivity index (χ1n) is 8.76. The number of ether oxygens (including phenoxy) is 1. The number of unbranched alkanes of at least 4 members (excludes halogenated alkanes) is 1. The first-order valence-corrected chi connectivity index (χ1v) is 8.76. The Morgan fingerprint density at radius 2 is 1.52 bits per heavy atom. The lowest BCUT2D eigenvalue weighted by Gasteiger charge is -2.10. The molecule has 0 atom stereocenters. The lowest BCUT2D eigenvalue weighted by atomic mass is 9.93. The number of nitrogens with two attached hydrogens (primary N) is 1. The van der Waals surface area contributed by atoms with Crippen molar-refractivity contribution in [1.29, 1.82) is 0 Å². The van der Waals surface area contributed by atoms with E-state index >= 15 is 0 Å². The molecule has 2 aromatic rings. The van der Waals surface area contributed by atoms with Gasteiger partial charge in [-0.3, -0.25) is 9.59 Å². The van der Waals surface area contributed by atoms with E-state index in [1.807, 2.05) is 0 Å². The van der Waals surface area contributed by atoms with Crippen molar-refractivity contribution < 1.29 is 19.1 Å². The largest absolute Gasteiger partial charge is 0.462 e. The molecule has 0 saturated heterocycles. The maximum atomic E-state index is 12.8. The first kappa shape index (κ1) is 20.1. The van der Waals surface area contributed by atoms with Crippen LogP contribution < -0.4 is 5.73 Å². The van der Waals surface area contributed by atoms with Gasteiger partial charge in [0.15, 0.2) is 11.6 Å². The fourth-order valence-corrected chi connectivity index (χ4v) is 2.58. The van der Waals surface area contributed by atoms with Gasteiger partial charge in [0.05, 0.1) is 6.61 Å². The molecule has 2 aromatic carbocycles. The number of carbonyl (C=O) groups is 3. The molecule has 0 spiro atoms. The summed E-state index contributed by atoms with van der Waals surface area (Å²) in [6.07, 6.45) is 1.38. The maximum Gasteiger partial charge on any atom is 0.333 e. The highest BCUT2D eigenvalue weighted by Gasteiger charge is 2.19. The van der Waals surface area contributed by atoms with Crippen LogP contribution in [0, 0.1) is 0 Å². The Bertz CT molecular complexity index is 870. The molecular formula is C22H23NO4. The molecule has 0 radical (unpaired) electrons. The van der Waals surface area contributed by atoms with E-state index in [2.05, 4.69) is 6.58 Å². The van der Waals surface area contributed by atoms with Crippen LogP contribution in [0.2, 0.25) is 0 Å². The van der Waals surface area contributed by atoms with E-state index in [0.717, 1.165) is 0 Å². The highest BCUT2D eigenvalue weighted by molar-refractivity contribution is 6.17. The van der Waals surface area contributed by atoms with Crippen molar-refractivity contribution >= 4 is 23.2 Å². The predicted molar refractivity (Wildman–Crippen MR) is 105 cm³/mol. The van der Waals surface area contributed by atoms with Gasteiger partial charge in [0, 0.05) is 34.4 Å². The van der Waals surface area contributed by atoms with Crippen molar-refractivity contribution in [2.24, 2.45) is 0 Å². The van der Waals surface area contributed by atoms with E-state index in [4.69, 9.17) is 10.5 Å². The third kappa shape index (κ3) is 5.38. The zero-order valence-electron chi connectivity index (χ0n) is 15.4. The summed E-state index contributed by atoms with van der Waals surface area (Å²) in [4.78, 5) is 36.7. The van der Waals surface area contributed by atoms with E-state index in [0.29, 0.717) is 40.8 Å². The van der Waals surface area contributed by atoms with Crippen molar-refractivity contribution in [3.8, 4) is 0 Å². The molecular weight excluding hydrogens is 342 g/mol. The topological polar surface area (TPSA) is 86.5 Å². The number of benzene rings is 2. The number of Topliss-reactive ketones (excluding diaryl/α,β-unsaturated/α-hetero) is 1. The molecule has 2 N–H and O–H groups in total. The Labute approximate surface area is 158 Å². The van der Waals surface area contributed by atoms with Crippen LogP contribution in [0.5, 0.6) is 0 Å². The number of hydrogen-bond donors (Lipinski definition) is 1. The molecule has 0 bridgehead atoms. The highest BCUT2D eigenvalue weighted by Crippen LogP contribution is 2.20. The molecule has 0 aliphatic rings. The van der Waals surface area contributed by atoms with E-state index in [1.54, 1.807) is 55.5 Å². The van der Waals surface area contributed by atoms with Gasteiger partial charge in [-0.1, -0.05) is 43.0 Å². The van der Waals surface area contributed by atoms with Crippen LogP contribution in [0.4, 0.5) is 5.69 Å². The van der Waals surface area contributed by atoms with Gasteiger partial charge in [-0.2, -0.15) is 0 Å². The fraction of sp³-hybridized carbons (Fsp3) is 0.227. The molecule has 0 amide bonds. The van der Waals surface area contributed by atoms with Gasteiger partial charge in [-0.05, 0) is 31.9 Å². The normalized spacial score (nSPS) is 10.3. The molecule has 2 rings (SSSR count). The number of anilines is 1. The molecule has 0 heterocycles. The Morgan fingerprint density at radius 3 is 2.15 bits per heavy atom. The van der Waals surface area contributed by atoms with Crippen molar-refractivity contribution in [3.05, 3.63) is 77.4 Å². The van der Waals surface area contributed by atoms with E-state index in [-0.39, 0.29) is 24.6 Å². The Morgan fingerprint density at radius 1 is 0.926 bits per heavy atom. The molecule has 0 aliphatic carbocycles. The summed E-state index contributed by atoms with van der Waals surface area (Å²) in [7, 11) is 0. The summed E-state index contributed by atoms with van der Waals surface area (Å²) in [6.45, 7) is 5.33. The van der Waals surface area contributed by atoms with Crippen LogP contribution in [0.15, 0.2) is 60.7 Å². The van der Waals surface area contributed by atoms with Gasteiger partial charge in [0.25, 0.3) is 0 Å². The second kappa shape index (κ2) is 9.48. The number of esters is 1. The Hall–Kier alpha value is -3.21. The minimum absolute atomic E-state index is 0.125. The first-order chi connectivity index (χ1) is 12.9. The molecule has 0 fully saturated rings. The van der Waals surface area contributed by atoms with Gasteiger partial charge in [0.1, 0.15) is 0 Å². The summed E-state index contributed by atoms with van der Waals surface area (Å²) in [6, 6.07) is 13.5. The molecule has 0 unspecified atom stereocenters. The lowest BCUT2D eigenvalue weighted by molar-refractivity contribution is -0.139. The van der Waals surface area contributed by atoms with E-state index in [9.17, 15) is 14.4 Å².